The van der Waals surface area contributed by atoms with E-state index in [0.717, 1.165) is 32.6 Å². The minimum absolute atomic E-state index is 0.115. The molecule has 2 saturated heterocycles. The molecule has 98 valence electrons. The largest absolute Gasteiger partial charge is 0.336 e. The molecule has 2 rings (SSSR count). The third-order valence-corrected chi connectivity index (χ3v) is 3.92. The first-order chi connectivity index (χ1) is 8.11. The molecule has 2 aliphatic heterocycles. The number of hydrogen-bond donors (Lipinski definition) is 2. The summed E-state index contributed by atoms with van der Waals surface area (Å²) in [5.74, 6) is 0. The molecule has 4 heteroatoms. The summed E-state index contributed by atoms with van der Waals surface area (Å²) in [6.07, 6.45) is 4.93. The van der Waals surface area contributed by atoms with Gasteiger partial charge in [-0.3, -0.25) is 0 Å². The first-order valence-corrected chi connectivity index (χ1v) is 6.87. The van der Waals surface area contributed by atoms with E-state index in [1.165, 1.54) is 19.3 Å². The predicted octanol–water partition coefficient (Wildman–Crippen LogP) is 1.57. The van der Waals surface area contributed by atoms with Crippen LogP contribution in [0.1, 0.15) is 39.5 Å². The molecule has 2 fully saturated rings. The fourth-order valence-corrected chi connectivity index (χ4v) is 3.10. The van der Waals surface area contributed by atoms with Gasteiger partial charge in [-0.05, 0) is 46.1 Å². The number of carbonyl (C=O) groups is 1. The molecule has 1 spiro atoms. The summed E-state index contributed by atoms with van der Waals surface area (Å²) >= 11 is 0. The van der Waals surface area contributed by atoms with Gasteiger partial charge >= 0.3 is 6.03 Å². The third kappa shape index (κ3) is 3.12. The third-order valence-electron chi connectivity index (χ3n) is 3.92. The van der Waals surface area contributed by atoms with Gasteiger partial charge in [0, 0.05) is 31.1 Å². The lowest BCUT2D eigenvalue weighted by Gasteiger charge is -2.45. The van der Waals surface area contributed by atoms with Crippen molar-refractivity contribution >= 4 is 6.03 Å². The molecule has 0 bridgehead atoms. The summed E-state index contributed by atoms with van der Waals surface area (Å²) < 4.78 is 0. The SMILES string of the molecule is CC(C)NC(=O)N1CCC[C@]2(CCCNC2)C1. The van der Waals surface area contributed by atoms with Crippen molar-refractivity contribution in [2.24, 2.45) is 5.41 Å². The van der Waals surface area contributed by atoms with E-state index < -0.39 is 0 Å². The average molecular weight is 239 g/mol. The minimum Gasteiger partial charge on any atom is -0.336 e. The van der Waals surface area contributed by atoms with Crippen molar-refractivity contribution in [2.45, 2.75) is 45.6 Å². The van der Waals surface area contributed by atoms with Crippen molar-refractivity contribution in [2.75, 3.05) is 26.2 Å². The van der Waals surface area contributed by atoms with E-state index in [1.807, 2.05) is 18.7 Å². The van der Waals surface area contributed by atoms with E-state index in [0.29, 0.717) is 5.41 Å². The number of hydrogen-bond acceptors (Lipinski definition) is 2. The van der Waals surface area contributed by atoms with Gasteiger partial charge in [0.2, 0.25) is 0 Å². The molecule has 17 heavy (non-hydrogen) atoms. The fraction of sp³-hybridized carbons (Fsp3) is 0.923. The maximum atomic E-state index is 12.0. The lowest BCUT2D eigenvalue weighted by Crippen LogP contribution is -2.55. The van der Waals surface area contributed by atoms with Crippen LogP contribution in [0.2, 0.25) is 0 Å². The van der Waals surface area contributed by atoms with E-state index in [4.69, 9.17) is 0 Å². The molecule has 2 aliphatic rings. The molecule has 2 heterocycles. The topological polar surface area (TPSA) is 44.4 Å². The lowest BCUT2D eigenvalue weighted by atomic mass is 9.74. The normalized spacial score (nSPS) is 29.7. The number of amides is 2. The molecular formula is C13H25N3O. The highest BCUT2D eigenvalue weighted by Gasteiger charge is 2.37. The zero-order valence-corrected chi connectivity index (χ0v) is 11.1. The Labute approximate surface area is 104 Å². The molecule has 2 amide bonds. The Balaban J connectivity index is 1.94. The maximum absolute atomic E-state index is 12.0. The van der Waals surface area contributed by atoms with Crippen LogP contribution >= 0.6 is 0 Å². The Bertz CT molecular complexity index is 266. The van der Waals surface area contributed by atoms with Crippen molar-refractivity contribution in [1.29, 1.82) is 0 Å². The van der Waals surface area contributed by atoms with Gasteiger partial charge in [0.25, 0.3) is 0 Å². The van der Waals surface area contributed by atoms with Gasteiger partial charge in [0.1, 0.15) is 0 Å². The Morgan fingerprint density at radius 1 is 1.35 bits per heavy atom. The Kier molecular flexibility index (Phi) is 3.92. The smallest absolute Gasteiger partial charge is 0.317 e. The Hall–Kier alpha value is -0.770. The second kappa shape index (κ2) is 5.25. The van der Waals surface area contributed by atoms with Crippen molar-refractivity contribution in [1.82, 2.24) is 15.5 Å². The molecular weight excluding hydrogens is 214 g/mol. The van der Waals surface area contributed by atoms with Crippen LogP contribution in [-0.4, -0.2) is 43.2 Å². The Morgan fingerprint density at radius 2 is 2.12 bits per heavy atom. The molecule has 2 N–H and O–H groups in total. The minimum atomic E-state index is 0.115. The molecule has 0 aromatic rings. The molecule has 1 atom stereocenters. The first-order valence-electron chi connectivity index (χ1n) is 6.87. The summed E-state index contributed by atoms with van der Waals surface area (Å²) in [7, 11) is 0. The zero-order valence-electron chi connectivity index (χ0n) is 11.1. The van der Waals surface area contributed by atoms with Crippen molar-refractivity contribution in [3.05, 3.63) is 0 Å². The van der Waals surface area contributed by atoms with Gasteiger partial charge in [-0.25, -0.2) is 4.79 Å². The van der Waals surface area contributed by atoms with Crippen molar-refractivity contribution in [3.8, 4) is 0 Å². The standard InChI is InChI=1S/C13H25N3O/c1-11(2)15-12(17)16-8-4-6-13(10-16)5-3-7-14-9-13/h11,14H,3-10H2,1-2H3,(H,15,17)/t13-/m0/s1. The molecule has 0 radical (unpaired) electrons. The number of piperidine rings is 2. The molecule has 0 aromatic heterocycles. The number of nitrogens with zero attached hydrogens (tertiary/aromatic N) is 1. The zero-order chi connectivity index (χ0) is 12.3. The maximum Gasteiger partial charge on any atom is 0.317 e. The van der Waals surface area contributed by atoms with Crippen LogP contribution in [0, 0.1) is 5.41 Å². The number of carbonyl (C=O) groups excluding carboxylic acids is 1. The van der Waals surface area contributed by atoms with Crippen LogP contribution in [0.15, 0.2) is 0 Å². The van der Waals surface area contributed by atoms with E-state index in [2.05, 4.69) is 10.6 Å². The van der Waals surface area contributed by atoms with Gasteiger partial charge in [-0.2, -0.15) is 0 Å². The summed E-state index contributed by atoms with van der Waals surface area (Å²) in [5, 5.41) is 6.49. The van der Waals surface area contributed by atoms with Crippen LogP contribution in [0.3, 0.4) is 0 Å². The number of urea groups is 1. The van der Waals surface area contributed by atoms with E-state index in [9.17, 15) is 4.79 Å². The molecule has 0 aliphatic carbocycles. The van der Waals surface area contributed by atoms with Crippen LogP contribution in [0.5, 0.6) is 0 Å². The summed E-state index contributed by atoms with van der Waals surface area (Å²) in [6.45, 7) is 8.09. The Morgan fingerprint density at radius 3 is 2.76 bits per heavy atom. The number of nitrogens with one attached hydrogen (secondary N) is 2. The van der Waals surface area contributed by atoms with Crippen LogP contribution in [0.4, 0.5) is 4.79 Å². The second-order valence-corrected chi connectivity index (χ2v) is 5.91. The van der Waals surface area contributed by atoms with Gasteiger partial charge < -0.3 is 15.5 Å². The van der Waals surface area contributed by atoms with Crippen molar-refractivity contribution < 1.29 is 4.79 Å². The highest BCUT2D eigenvalue weighted by atomic mass is 16.2. The van der Waals surface area contributed by atoms with Gasteiger partial charge in [-0.15, -0.1) is 0 Å². The second-order valence-electron chi connectivity index (χ2n) is 5.91. The monoisotopic (exact) mass is 239 g/mol. The number of likely N-dealkylation sites (tertiary alicyclic amines) is 1. The first kappa shape index (κ1) is 12.7. The molecule has 4 nitrogen and oxygen atoms in total. The van der Waals surface area contributed by atoms with Crippen molar-refractivity contribution in [3.63, 3.8) is 0 Å². The van der Waals surface area contributed by atoms with Gasteiger partial charge in [0.05, 0.1) is 0 Å². The molecule has 0 saturated carbocycles. The van der Waals surface area contributed by atoms with E-state index >= 15 is 0 Å². The summed E-state index contributed by atoms with van der Waals surface area (Å²) in [5.41, 5.74) is 0.352. The number of rotatable bonds is 1. The predicted molar refractivity (Wildman–Crippen MR) is 69.0 cm³/mol. The van der Waals surface area contributed by atoms with Crippen LogP contribution in [0.25, 0.3) is 0 Å². The fourth-order valence-electron chi connectivity index (χ4n) is 3.10. The summed E-state index contributed by atoms with van der Waals surface area (Å²) in [4.78, 5) is 14.0. The van der Waals surface area contributed by atoms with Crippen LogP contribution < -0.4 is 10.6 Å². The van der Waals surface area contributed by atoms with E-state index in [-0.39, 0.29) is 12.1 Å². The van der Waals surface area contributed by atoms with E-state index in [1.54, 1.807) is 0 Å². The van der Waals surface area contributed by atoms with Gasteiger partial charge in [0.15, 0.2) is 0 Å². The van der Waals surface area contributed by atoms with Crippen LogP contribution in [-0.2, 0) is 0 Å². The lowest BCUT2D eigenvalue weighted by molar-refractivity contribution is 0.0807. The summed E-state index contributed by atoms with van der Waals surface area (Å²) in [6, 6.07) is 0.342. The highest BCUT2D eigenvalue weighted by molar-refractivity contribution is 5.74. The average Bonchev–Trinajstić information content (AvgIpc) is 2.29. The molecule has 0 unspecified atom stereocenters. The highest BCUT2D eigenvalue weighted by Crippen LogP contribution is 2.35. The quantitative estimate of drug-likeness (QED) is 0.729. The van der Waals surface area contributed by atoms with Gasteiger partial charge in [-0.1, -0.05) is 0 Å². The molecule has 0 aromatic carbocycles.